The fraction of sp³-hybridized carbons (Fsp3) is 0.588. The minimum atomic E-state index is -3.87. The Labute approximate surface area is 186 Å². The van der Waals surface area contributed by atoms with Gasteiger partial charge in [0.15, 0.2) is 10.9 Å². The third kappa shape index (κ3) is 4.85. The minimum absolute atomic E-state index is 0. The van der Waals surface area contributed by atoms with E-state index in [1.54, 1.807) is 25.1 Å². The molecule has 0 bridgehead atoms. The Morgan fingerprint density at radius 1 is 1.32 bits per heavy atom. The zero-order valence-electron chi connectivity index (χ0n) is 15.8. The number of amidine groups is 1. The number of thioether (sulfide) groups is 1. The molecule has 0 radical (unpaired) electrons. The molecule has 1 aliphatic heterocycles. The van der Waals surface area contributed by atoms with Gasteiger partial charge in [-0.15, -0.1) is 21.8 Å². The van der Waals surface area contributed by atoms with Crippen LogP contribution in [0.25, 0.3) is 0 Å². The molecule has 158 valence electrons. The first kappa shape index (κ1) is 23.9. The number of rotatable bonds is 5. The van der Waals surface area contributed by atoms with Crippen molar-refractivity contribution in [2.24, 2.45) is 4.99 Å². The van der Waals surface area contributed by atoms with Gasteiger partial charge in [-0.05, 0) is 25.0 Å². The van der Waals surface area contributed by atoms with E-state index in [-0.39, 0.29) is 32.9 Å². The van der Waals surface area contributed by atoms with Crippen molar-refractivity contribution in [1.29, 1.82) is 0 Å². The van der Waals surface area contributed by atoms with Crippen LogP contribution in [0.4, 0.5) is 0 Å². The maximum absolute atomic E-state index is 12.8. The second-order valence-corrected chi connectivity index (χ2v) is 9.90. The molecule has 0 spiro atoms. The molecule has 2 fully saturated rings. The van der Waals surface area contributed by atoms with Crippen LogP contribution < -0.4 is 10.3 Å². The van der Waals surface area contributed by atoms with Crippen LogP contribution in [-0.2, 0) is 15.7 Å². The number of hydrogen-bond donors (Lipinski definition) is 3. The average molecular weight is 514 g/mol. The van der Waals surface area contributed by atoms with Gasteiger partial charge in [0.25, 0.3) is 10.0 Å². The summed E-state index contributed by atoms with van der Waals surface area (Å²) in [4.78, 5) is 8.19. The molecule has 1 unspecified atom stereocenters. The number of sulfonamides is 1. The summed E-state index contributed by atoms with van der Waals surface area (Å²) in [6.07, 6.45) is 5.25. The van der Waals surface area contributed by atoms with Crippen molar-refractivity contribution in [2.75, 3.05) is 19.8 Å². The lowest BCUT2D eigenvalue weighted by Crippen LogP contribution is -2.45. The number of nitrogens with zero attached hydrogens (tertiary/aromatic N) is 2. The van der Waals surface area contributed by atoms with Gasteiger partial charge in [-0.25, -0.2) is 13.8 Å². The summed E-state index contributed by atoms with van der Waals surface area (Å²) in [6.45, 7) is 0. The molecular weight excluding hydrogens is 488 g/mol. The van der Waals surface area contributed by atoms with E-state index in [4.69, 9.17) is 11.6 Å². The molecular formula is C17H26BrClN4O3S2. The molecule has 0 amide bonds. The van der Waals surface area contributed by atoms with Crippen LogP contribution in [0.15, 0.2) is 28.1 Å². The van der Waals surface area contributed by atoms with Gasteiger partial charge < -0.3 is 10.0 Å². The molecule has 3 N–H and O–H groups in total. The zero-order chi connectivity index (χ0) is 19.7. The van der Waals surface area contributed by atoms with Crippen LogP contribution in [0, 0.1) is 0 Å². The van der Waals surface area contributed by atoms with Crippen molar-refractivity contribution >= 4 is 55.5 Å². The summed E-state index contributed by atoms with van der Waals surface area (Å²) in [6, 6.07) is 4.71. The lowest BCUT2D eigenvalue weighted by atomic mass is 9.96. The van der Waals surface area contributed by atoms with Gasteiger partial charge in [0.05, 0.1) is 10.8 Å². The normalized spacial score (nSPS) is 25.1. The smallest absolute Gasteiger partial charge is 0.254 e. The van der Waals surface area contributed by atoms with Gasteiger partial charge in [-0.1, -0.05) is 48.7 Å². The second-order valence-electron chi connectivity index (χ2n) is 6.90. The molecule has 3 rings (SSSR count). The Kier molecular flexibility index (Phi) is 8.23. The van der Waals surface area contributed by atoms with E-state index < -0.39 is 15.7 Å². The first-order valence-corrected chi connectivity index (χ1v) is 11.8. The fourth-order valence-corrected chi connectivity index (χ4v) is 6.06. The van der Waals surface area contributed by atoms with Crippen LogP contribution in [0.1, 0.15) is 37.7 Å². The van der Waals surface area contributed by atoms with Crippen molar-refractivity contribution in [3.63, 3.8) is 0 Å². The number of nitrogens with one attached hydrogen (secondary N) is 2. The van der Waals surface area contributed by atoms with Crippen LogP contribution in [0.5, 0.6) is 0 Å². The Hall–Kier alpha value is -0.360. The molecule has 11 heteroatoms. The third-order valence-electron chi connectivity index (χ3n) is 5.12. The molecule has 1 aromatic carbocycles. The molecule has 1 atom stereocenters. The van der Waals surface area contributed by atoms with E-state index in [2.05, 4.69) is 15.2 Å². The fourth-order valence-electron chi connectivity index (χ4n) is 3.43. The highest BCUT2D eigenvalue weighted by atomic mass is 79.9. The Bertz CT molecular complexity index is 834. The summed E-state index contributed by atoms with van der Waals surface area (Å²) in [7, 11) is -0.479. The predicted molar refractivity (Wildman–Crippen MR) is 120 cm³/mol. The minimum Gasteiger partial charge on any atom is -0.366 e. The molecule has 1 aliphatic carbocycles. The van der Waals surface area contributed by atoms with Crippen molar-refractivity contribution in [1.82, 2.24) is 15.2 Å². The molecule has 1 saturated heterocycles. The molecule has 2 aliphatic rings. The molecule has 1 heterocycles. The number of aliphatic imine (C=N–C) groups is 1. The number of halogens is 2. The molecule has 28 heavy (non-hydrogen) atoms. The van der Waals surface area contributed by atoms with E-state index in [1.165, 1.54) is 30.3 Å². The highest BCUT2D eigenvalue weighted by molar-refractivity contribution is 8.93. The number of hydrazine groups is 1. The standard InChI is InChI=1S/C17H25ClN4O3S2.BrH/c1-19-16-22(2)17(23,11-26-16)12-8-9-14(18)15(10-12)27(24,25)21-20-13-6-4-3-5-7-13;/h8-10,13,20-21,23H,3-7,11H2,1-2H3;1H. The highest BCUT2D eigenvalue weighted by Gasteiger charge is 2.43. The van der Waals surface area contributed by atoms with E-state index in [0.717, 1.165) is 25.7 Å². The summed E-state index contributed by atoms with van der Waals surface area (Å²) < 4.78 is 25.6. The van der Waals surface area contributed by atoms with Gasteiger partial charge in [0.2, 0.25) is 0 Å². The van der Waals surface area contributed by atoms with E-state index in [9.17, 15) is 13.5 Å². The van der Waals surface area contributed by atoms with Crippen molar-refractivity contribution < 1.29 is 13.5 Å². The van der Waals surface area contributed by atoms with Crippen molar-refractivity contribution in [3.05, 3.63) is 28.8 Å². The first-order chi connectivity index (χ1) is 12.8. The van der Waals surface area contributed by atoms with Crippen LogP contribution in [0.2, 0.25) is 5.02 Å². The second kappa shape index (κ2) is 9.63. The first-order valence-electron chi connectivity index (χ1n) is 8.91. The van der Waals surface area contributed by atoms with Crippen molar-refractivity contribution in [3.8, 4) is 0 Å². The van der Waals surface area contributed by atoms with Gasteiger partial charge >= 0.3 is 0 Å². The molecule has 7 nitrogen and oxygen atoms in total. The number of benzene rings is 1. The van der Waals surface area contributed by atoms with Crippen LogP contribution >= 0.6 is 40.3 Å². The van der Waals surface area contributed by atoms with Crippen LogP contribution in [-0.4, -0.2) is 49.5 Å². The maximum atomic E-state index is 12.8. The Morgan fingerprint density at radius 2 is 2.00 bits per heavy atom. The zero-order valence-corrected chi connectivity index (χ0v) is 19.9. The molecule has 0 aromatic heterocycles. The van der Waals surface area contributed by atoms with Gasteiger partial charge in [-0.3, -0.25) is 4.99 Å². The van der Waals surface area contributed by atoms with Gasteiger partial charge in [0.1, 0.15) is 4.90 Å². The summed E-state index contributed by atoms with van der Waals surface area (Å²) in [5.41, 5.74) is 2.03. The highest BCUT2D eigenvalue weighted by Crippen LogP contribution is 2.39. The van der Waals surface area contributed by atoms with E-state index in [1.807, 2.05) is 0 Å². The Balaban J connectivity index is 0.00000280. The topological polar surface area (TPSA) is 94.0 Å². The van der Waals surface area contributed by atoms with Crippen LogP contribution in [0.3, 0.4) is 0 Å². The SMILES string of the molecule is Br.CN=C1SCC(O)(c2ccc(Cl)c(S(=O)(=O)NNC3CCCCC3)c2)N1C. The summed E-state index contributed by atoms with van der Waals surface area (Å²) >= 11 is 7.59. The van der Waals surface area contributed by atoms with Gasteiger partial charge in [0, 0.05) is 25.7 Å². The monoisotopic (exact) mass is 512 g/mol. The number of aliphatic hydroxyl groups is 1. The Morgan fingerprint density at radius 3 is 2.61 bits per heavy atom. The quantitative estimate of drug-likeness (QED) is 0.524. The lowest BCUT2D eigenvalue weighted by Gasteiger charge is -2.31. The van der Waals surface area contributed by atoms with E-state index in [0.29, 0.717) is 16.5 Å². The predicted octanol–water partition coefficient (Wildman–Crippen LogP) is 2.84. The van der Waals surface area contributed by atoms with Crippen molar-refractivity contribution in [2.45, 2.75) is 48.8 Å². The third-order valence-corrected chi connectivity index (χ3v) is 8.13. The molecule has 1 aromatic rings. The number of hydrogen-bond acceptors (Lipinski definition) is 6. The van der Waals surface area contributed by atoms with E-state index >= 15 is 0 Å². The maximum Gasteiger partial charge on any atom is 0.254 e. The molecule has 1 saturated carbocycles. The lowest BCUT2D eigenvalue weighted by molar-refractivity contribution is -0.0349. The largest absolute Gasteiger partial charge is 0.366 e. The summed E-state index contributed by atoms with van der Waals surface area (Å²) in [5, 5.41) is 11.9. The average Bonchev–Trinajstić information content (AvgIpc) is 2.96. The van der Waals surface area contributed by atoms with Gasteiger partial charge in [-0.2, -0.15) is 0 Å². The summed E-state index contributed by atoms with van der Waals surface area (Å²) in [5.74, 6) is 0.352.